The Balaban J connectivity index is 0.00000338. The summed E-state index contributed by atoms with van der Waals surface area (Å²) in [6.45, 7) is 2.97. The molecule has 0 spiro atoms. The molecule has 0 aromatic heterocycles. The van der Waals surface area contributed by atoms with Crippen molar-refractivity contribution in [3.63, 3.8) is 0 Å². The summed E-state index contributed by atoms with van der Waals surface area (Å²) in [6, 6.07) is 6.74. The summed E-state index contributed by atoms with van der Waals surface area (Å²) in [4.78, 5) is 24.1. The van der Waals surface area contributed by atoms with Gasteiger partial charge in [0.15, 0.2) is 0 Å². The van der Waals surface area contributed by atoms with Gasteiger partial charge >= 0.3 is 0 Å². The quantitative estimate of drug-likeness (QED) is 0.620. The Morgan fingerprint density at radius 3 is 2.35 bits per heavy atom. The smallest absolute Gasteiger partial charge is 0.251 e. The number of carbonyl (C=O) groups is 2. The second-order valence-corrected chi connectivity index (χ2v) is 6.37. The minimum Gasteiger partial charge on any atom is -0.497 e. The minimum absolute atomic E-state index is 0. The first-order valence-corrected chi connectivity index (χ1v) is 8.47. The van der Waals surface area contributed by atoms with Gasteiger partial charge in [0.1, 0.15) is 5.75 Å². The van der Waals surface area contributed by atoms with Gasteiger partial charge in [0, 0.05) is 24.6 Å². The molecule has 1 aliphatic heterocycles. The molecule has 0 saturated carbocycles. The Morgan fingerprint density at radius 2 is 1.77 bits per heavy atom. The van der Waals surface area contributed by atoms with Crippen molar-refractivity contribution in [2.45, 2.75) is 12.8 Å². The van der Waals surface area contributed by atoms with Gasteiger partial charge in [-0.2, -0.15) is 0 Å². The van der Waals surface area contributed by atoms with E-state index in [1.807, 2.05) is 0 Å². The summed E-state index contributed by atoms with van der Waals surface area (Å²) < 4.78 is 10.4. The van der Waals surface area contributed by atoms with Crippen molar-refractivity contribution in [1.82, 2.24) is 16.0 Å². The van der Waals surface area contributed by atoms with Gasteiger partial charge in [-0.25, -0.2) is 0 Å². The van der Waals surface area contributed by atoms with Crippen molar-refractivity contribution in [3.8, 4) is 5.75 Å². The summed E-state index contributed by atoms with van der Waals surface area (Å²) in [5.74, 6) is 0.196. The molecule has 1 aliphatic rings. The van der Waals surface area contributed by atoms with Crippen LogP contribution in [0.1, 0.15) is 23.2 Å². The number of hydrogen-bond acceptors (Lipinski definition) is 5. The molecule has 3 N–H and O–H groups in total. The van der Waals surface area contributed by atoms with Gasteiger partial charge in [0.05, 0.1) is 20.3 Å². The van der Waals surface area contributed by atoms with Crippen molar-refractivity contribution >= 4 is 24.2 Å². The van der Waals surface area contributed by atoms with E-state index in [9.17, 15) is 9.59 Å². The highest BCUT2D eigenvalue weighted by Gasteiger charge is 2.32. The maximum absolute atomic E-state index is 12.1. The van der Waals surface area contributed by atoms with E-state index in [0.717, 1.165) is 25.9 Å². The summed E-state index contributed by atoms with van der Waals surface area (Å²) in [5, 5.41) is 8.87. The van der Waals surface area contributed by atoms with E-state index in [2.05, 4.69) is 16.0 Å². The molecule has 1 fully saturated rings. The molecule has 0 unspecified atom stereocenters. The van der Waals surface area contributed by atoms with E-state index in [0.29, 0.717) is 24.5 Å². The number of carbonyl (C=O) groups excluding carboxylic acids is 2. The van der Waals surface area contributed by atoms with E-state index >= 15 is 0 Å². The Bertz CT molecular complexity index is 569. The summed E-state index contributed by atoms with van der Waals surface area (Å²) in [5.41, 5.74) is 0.457. The fraction of sp³-hybridized carbons (Fsp3) is 0.556. The van der Waals surface area contributed by atoms with E-state index in [-0.39, 0.29) is 36.2 Å². The number of nitrogens with one attached hydrogen (secondary N) is 3. The van der Waals surface area contributed by atoms with Crippen LogP contribution in [0, 0.1) is 5.41 Å². The number of benzene rings is 1. The van der Waals surface area contributed by atoms with E-state index in [1.54, 1.807) is 38.5 Å². The number of halogens is 1. The molecule has 1 saturated heterocycles. The lowest BCUT2D eigenvalue weighted by atomic mass is 9.79. The van der Waals surface area contributed by atoms with Crippen LogP contribution in [0.15, 0.2) is 24.3 Å². The standard InChI is InChI=1S/C18H27N3O4.ClH/c1-24-13-18(7-9-19-10-8-18)12-21-16(22)11-20-17(23)14-3-5-15(25-2)6-4-14;/h3-6,19H,7-13H2,1-2H3,(H,20,23)(H,21,22);1H. The van der Waals surface area contributed by atoms with Crippen LogP contribution in [-0.2, 0) is 9.53 Å². The SMILES string of the molecule is COCC1(CNC(=O)CNC(=O)c2ccc(OC)cc2)CCNCC1.Cl. The molecule has 8 heteroatoms. The third kappa shape index (κ3) is 6.48. The summed E-state index contributed by atoms with van der Waals surface area (Å²) in [7, 11) is 3.25. The molecule has 2 amide bonds. The molecule has 0 bridgehead atoms. The van der Waals surface area contributed by atoms with Crippen molar-refractivity contribution in [2.75, 3.05) is 47.0 Å². The molecular weight excluding hydrogens is 358 g/mol. The van der Waals surface area contributed by atoms with Crippen LogP contribution in [-0.4, -0.2) is 58.8 Å². The van der Waals surface area contributed by atoms with Crippen LogP contribution in [0.2, 0.25) is 0 Å². The molecule has 0 atom stereocenters. The summed E-state index contributed by atoms with van der Waals surface area (Å²) in [6.07, 6.45) is 1.92. The monoisotopic (exact) mass is 385 g/mol. The van der Waals surface area contributed by atoms with Gasteiger partial charge in [0.25, 0.3) is 5.91 Å². The zero-order valence-corrected chi connectivity index (χ0v) is 16.1. The van der Waals surface area contributed by atoms with Gasteiger partial charge in [-0.3, -0.25) is 9.59 Å². The van der Waals surface area contributed by atoms with Crippen molar-refractivity contribution in [1.29, 1.82) is 0 Å². The third-order valence-corrected chi connectivity index (χ3v) is 4.54. The number of methoxy groups -OCH3 is 2. The molecule has 2 rings (SSSR count). The van der Waals surface area contributed by atoms with Crippen LogP contribution in [0.3, 0.4) is 0 Å². The maximum Gasteiger partial charge on any atom is 0.251 e. The Morgan fingerprint density at radius 1 is 1.12 bits per heavy atom. The lowest BCUT2D eigenvalue weighted by Gasteiger charge is -2.37. The van der Waals surface area contributed by atoms with Crippen molar-refractivity contribution < 1.29 is 19.1 Å². The van der Waals surface area contributed by atoms with E-state index in [1.165, 1.54) is 0 Å². The van der Waals surface area contributed by atoms with Crippen LogP contribution in [0.25, 0.3) is 0 Å². The average molecular weight is 386 g/mol. The van der Waals surface area contributed by atoms with Crippen LogP contribution >= 0.6 is 12.4 Å². The molecule has 1 aromatic carbocycles. The molecule has 146 valence electrons. The lowest BCUT2D eigenvalue weighted by molar-refractivity contribution is -0.121. The molecule has 1 heterocycles. The number of piperidine rings is 1. The first-order chi connectivity index (χ1) is 12.1. The largest absolute Gasteiger partial charge is 0.497 e. The van der Waals surface area contributed by atoms with Gasteiger partial charge < -0.3 is 25.4 Å². The maximum atomic E-state index is 12.1. The third-order valence-electron chi connectivity index (χ3n) is 4.54. The second-order valence-electron chi connectivity index (χ2n) is 6.37. The number of rotatable bonds is 8. The van der Waals surface area contributed by atoms with Gasteiger partial charge in [-0.15, -0.1) is 12.4 Å². The molecule has 0 radical (unpaired) electrons. The van der Waals surface area contributed by atoms with E-state index < -0.39 is 0 Å². The second kappa shape index (κ2) is 11.0. The first-order valence-electron chi connectivity index (χ1n) is 8.47. The zero-order chi connectivity index (χ0) is 18.1. The van der Waals surface area contributed by atoms with Crippen molar-refractivity contribution in [2.24, 2.45) is 5.41 Å². The Labute approximate surface area is 160 Å². The molecule has 0 aliphatic carbocycles. The van der Waals surface area contributed by atoms with Gasteiger partial charge in [-0.05, 0) is 50.2 Å². The van der Waals surface area contributed by atoms with Crippen molar-refractivity contribution in [3.05, 3.63) is 29.8 Å². The number of ether oxygens (including phenoxy) is 2. The van der Waals surface area contributed by atoms with Crippen LogP contribution in [0.4, 0.5) is 0 Å². The minimum atomic E-state index is -0.286. The first kappa shape index (κ1) is 22.2. The number of hydrogen-bond donors (Lipinski definition) is 3. The molecule has 26 heavy (non-hydrogen) atoms. The number of amides is 2. The molecule has 1 aromatic rings. The van der Waals surface area contributed by atoms with Crippen LogP contribution < -0.4 is 20.7 Å². The molecule has 7 nitrogen and oxygen atoms in total. The summed E-state index contributed by atoms with van der Waals surface area (Å²) >= 11 is 0. The highest BCUT2D eigenvalue weighted by Crippen LogP contribution is 2.28. The van der Waals surface area contributed by atoms with Crippen LogP contribution in [0.5, 0.6) is 5.75 Å². The van der Waals surface area contributed by atoms with E-state index in [4.69, 9.17) is 9.47 Å². The lowest BCUT2D eigenvalue weighted by Crippen LogP contribution is -2.48. The average Bonchev–Trinajstić information content (AvgIpc) is 2.65. The Kier molecular flexibility index (Phi) is 9.40. The zero-order valence-electron chi connectivity index (χ0n) is 15.3. The molecular formula is C18H28ClN3O4. The fourth-order valence-electron chi connectivity index (χ4n) is 2.99. The predicted octanol–water partition coefficient (Wildman–Crippen LogP) is 0.979. The normalized spacial score (nSPS) is 15.5. The highest BCUT2D eigenvalue weighted by atomic mass is 35.5. The predicted molar refractivity (Wildman–Crippen MR) is 102 cm³/mol. The fourth-order valence-corrected chi connectivity index (χ4v) is 2.99. The van der Waals surface area contributed by atoms with Gasteiger partial charge in [0.2, 0.25) is 5.91 Å². The Hall–Kier alpha value is -1.83. The topological polar surface area (TPSA) is 88.7 Å². The van der Waals surface area contributed by atoms with Gasteiger partial charge in [-0.1, -0.05) is 0 Å². The highest BCUT2D eigenvalue weighted by molar-refractivity contribution is 5.96.